The quantitative estimate of drug-likeness (QED) is 0.559. The van der Waals surface area contributed by atoms with Gasteiger partial charge in [-0.2, -0.15) is 26.3 Å². The molecule has 0 aromatic carbocycles. The Hall–Kier alpha value is -0.500. The van der Waals surface area contributed by atoms with Gasteiger partial charge >= 0.3 is 12.4 Å². The molecule has 0 spiro atoms. The fourth-order valence-electron chi connectivity index (χ4n) is 3.56. The zero-order chi connectivity index (χ0) is 18.8. The summed E-state index contributed by atoms with van der Waals surface area (Å²) in [5.74, 6) is -0.519. The molecule has 2 aliphatic rings. The van der Waals surface area contributed by atoms with E-state index in [4.69, 9.17) is 9.84 Å². The predicted octanol–water partition coefficient (Wildman–Crippen LogP) is 6.37. The zero-order valence-electron chi connectivity index (χ0n) is 14.2. The maximum absolute atomic E-state index is 12.5. The first-order chi connectivity index (χ1) is 10.9. The standard InChI is InChI=1S/C11H14F6O.C5H12O.2CH4/c12-10(13,14)9(18,11(15,16)17)5-8-4-6-1-2-7(8)3-6;1-4-5(2)6-3;;/h6-8,18H,1-5H2;5H,4H2,1-3H3;2*1H4. The average Bonchev–Trinajstić information content (AvgIpc) is 3.07. The Morgan fingerprint density at radius 2 is 1.50 bits per heavy atom. The number of hydrogen-bond acceptors (Lipinski definition) is 2. The van der Waals surface area contributed by atoms with Crippen LogP contribution in [0.3, 0.4) is 0 Å². The molecule has 26 heavy (non-hydrogen) atoms. The van der Waals surface area contributed by atoms with Gasteiger partial charge < -0.3 is 9.84 Å². The van der Waals surface area contributed by atoms with Crippen molar-refractivity contribution >= 4 is 0 Å². The van der Waals surface area contributed by atoms with Crippen molar-refractivity contribution in [2.24, 2.45) is 17.8 Å². The molecule has 1 N–H and O–H groups in total. The number of rotatable bonds is 4. The number of alkyl halides is 6. The van der Waals surface area contributed by atoms with E-state index < -0.39 is 30.3 Å². The molecule has 2 bridgehead atoms. The molecule has 4 unspecified atom stereocenters. The second kappa shape index (κ2) is 10.2. The van der Waals surface area contributed by atoms with Gasteiger partial charge in [0.25, 0.3) is 5.60 Å². The molecule has 0 aromatic rings. The van der Waals surface area contributed by atoms with E-state index in [9.17, 15) is 26.3 Å². The van der Waals surface area contributed by atoms with Gasteiger partial charge in [-0.15, -0.1) is 0 Å². The summed E-state index contributed by atoms with van der Waals surface area (Å²) < 4.78 is 80.1. The molecule has 2 rings (SSSR count). The molecule has 4 atom stereocenters. The van der Waals surface area contributed by atoms with Crippen molar-refractivity contribution in [1.29, 1.82) is 0 Å². The van der Waals surface area contributed by atoms with Crippen molar-refractivity contribution in [3.8, 4) is 0 Å². The van der Waals surface area contributed by atoms with E-state index in [0.717, 1.165) is 12.8 Å². The molecule has 0 amide bonds. The number of fused-ring (bicyclic) bond motifs is 2. The number of ether oxygens (including phenoxy) is 1. The molecule has 0 radical (unpaired) electrons. The zero-order valence-corrected chi connectivity index (χ0v) is 14.2. The minimum atomic E-state index is -5.67. The molecular weight excluding hydrogens is 362 g/mol. The SMILES string of the molecule is C.C.CCC(C)OC.OC(CC1CC2CCC1C2)(C(F)(F)F)C(F)(F)F. The van der Waals surface area contributed by atoms with Crippen LogP contribution in [-0.4, -0.2) is 36.3 Å². The summed E-state index contributed by atoms with van der Waals surface area (Å²) in [6, 6.07) is 0. The van der Waals surface area contributed by atoms with E-state index in [1.165, 1.54) is 0 Å². The Labute approximate surface area is 153 Å². The van der Waals surface area contributed by atoms with Gasteiger partial charge in [0.05, 0.1) is 6.10 Å². The second-order valence-electron chi connectivity index (χ2n) is 6.95. The molecule has 0 aliphatic heterocycles. The third-order valence-corrected chi connectivity index (χ3v) is 5.36. The maximum Gasteiger partial charge on any atom is 0.426 e. The van der Waals surface area contributed by atoms with Gasteiger partial charge in [-0.05, 0) is 56.8 Å². The van der Waals surface area contributed by atoms with Crippen LogP contribution in [0.1, 0.15) is 67.2 Å². The molecular formula is C18H34F6O2. The third-order valence-electron chi connectivity index (χ3n) is 5.36. The van der Waals surface area contributed by atoms with Crippen molar-refractivity contribution in [3.05, 3.63) is 0 Å². The van der Waals surface area contributed by atoms with Gasteiger partial charge in [0, 0.05) is 7.11 Å². The van der Waals surface area contributed by atoms with Crippen LogP contribution in [0.2, 0.25) is 0 Å². The number of halogens is 6. The molecule has 0 aromatic heterocycles. The van der Waals surface area contributed by atoms with Crippen LogP contribution < -0.4 is 0 Å². The average molecular weight is 396 g/mol. The molecule has 2 nitrogen and oxygen atoms in total. The molecule has 2 saturated carbocycles. The Bertz CT molecular complexity index is 376. The first-order valence-electron chi connectivity index (χ1n) is 8.24. The molecule has 2 aliphatic carbocycles. The molecule has 2 fully saturated rings. The minimum absolute atomic E-state index is 0. The van der Waals surface area contributed by atoms with Crippen LogP contribution >= 0.6 is 0 Å². The third kappa shape index (κ3) is 6.29. The summed E-state index contributed by atoms with van der Waals surface area (Å²) in [5, 5.41) is 9.12. The molecule has 0 saturated heterocycles. The smallest absolute Gasteiger partial charge is 0.382 e. The fraction of sp³-hybridized carbons (Fsp3) is 1.00. The van der Waals surface area contributed by atoms with E-state index >= 15 is 0 Å². The fourth-order valence-corrected chi connectivity index (χ4v) is 3.56. The molecule has 8 heteroatoms. The highest BCUT2D eigenvalue weighted by Crippen LogP contribution is 2.55. The molecule has 160 valence electrons. The highest BCUT2D eigenvalue weighted by atomic mass is 19.4. The highest BCUT2D eigenvalue weighted by Gasteiger charge is 2.71. The van der Waals surface area contributed by atoms with Crippen molar-refractivity contribution in [1.82, 2.24) is 0 Å². The summed E-state index contributed by atoms with van der Waals surface area (Å²) in [6.45, 7) is 4.16. The van der Waals surface area contributed by atoms with E-state index in [-0.39, 0.29) is 26.7 Å². The highest BCUT2D eigenvalue weighted by molar-refractivity contribution is 5.00. The lowest BCUT2D eigenvalue weighted by atomic mass is 9.79. The summed E-state index contributed by atoms with van der Waals surface area (Å²) >= 11 is 0. The van der Waals surface area contributed by atoms with Gasteiger partial charge in [-0.3, -0.25) is 0 Å². The van der Waals surface area contributed by atoms with Crippen molar-refractivity contribution in [3.63, 3.8) is 0 Å². The first-order valence-corrected chi connectivity index (χ1v) is 8.24. The number of hydrogen-bond donors (Lipinski definition) is 1. The lowest BCUT2D eigenvalue weighted by Crippen LogP contribution is -2.58. The van der Waals surface area contributed by atoms with Crippen LogP contribution in [0.25, 0.3) is 0 Å². The lowest BCUT2D eigenvalue weighted by molar-refractivity contribution is -0.373. The summed E-state index contributed by atoms with van der Waals surface area (Å²) in [7, 11) is 1.73. The topological polar surface area (TPSA) is 29.5 Å². The van der Waals surface area contributed by atoms with Crippen LogP contribution in [0.4, 0.5) is 26.3 Å². The van der Waals surface area contributed by atoms with Gasteiger partial charge in [0.15, 0.2) is 0 Å². The van der Waals surface area contributed by atoms with Crippen LogP contribution in [0.5, 0.6) is 0 Å². The van der Waals surface area contributed by atoms with E-state index in [1.54, 1.807) is 7.11 Å². The second-order valence-corrected chi connectivity index (χ2v) is 6.95. The van der Waals surface area contributed by atoms with Crippen LogP contribution in [0, 0.1) is 17.8 Å². The summed E-state index contributed by atoms with van der Waals surface area (Å²) in [4.78, 5) is 0. The van der Waals surface area contributed by atoms with Gasteiger partial charge in [0.1, 0.15) is 0 Å². The van der Waals surface area contributed by atoms with Crippen molar-refractivity contribution in [2.45, 2.75) is 91.3 Å². The van der Waals surface area contributed by atoms with Crippen LogP contribution in [0.15, 0.2) is 0 Å². The minimum Gasteiger partial charge on any atom is -0.382 e. The van der Waals surface area contributed by atoms with E-state index in [0.29, 0.717) is 25.4 Å². The maximum atomic E-state index is 12.5. The van der Waals surface area contributed by atoms with Crippen LogP contribution in [-0.2, 0) is 4.74 Å². The van der Waals surface area contributed by atoms with Gasteiger partial charge in [0.2, 0.25) is 0 Å². The Morgan fingerprint density at radius 1 is 1.00 bits per heavy atom. The Kier molecular flexibility index (Phi) is 10.8. The number of aliphatic hydroxyl groups is 1. The van der Waals surface area contributed by atoms with E-state index in [2.05, 4.69) is 13.8 Å². The van der Waals surface area contributed by atoms with Gasteiger partial charge in [-0.25, -0.2) is 0 Å². The monoisotopic (exact) mass is 396 g/mol. The lowest BCUT2D eigenvalue weighted by Gasteiger charge is -2.36. The summed E-state index contributed by atoms with van der Waals surface area (Å²) in [6.07, 6.45) is -8.41. The normalized spacial score (nSPS) is 26.3. The number of methoxy groups -OCH3 is 1. The van der Waals surface area contributed by atoms with E-state index in [1.807, 2.05) is 0 Å². The largest absolute Gasteiger partial charge is 0.426 e. The Morgan fingerprint density at radius 3 is 1.73 bits per heavy atom. The predicted molar refractivity (Wildman–Crippen MR) is 90.8 cm³/mol. The first kappa shape index (κ1) is 27.7. The van der Waals surface area contributed by atoms with Crippen molar-refractivity contribution in [2.75, 3.05) is 7.11 Å². The summed E-state index contributed by atoms with van der Waals surface area (Å²) in [5.41, 5.74) is -4.56. The molecule has 0 heterocycles. The van der Waals surface area contributed by atoms with Crippen molar-refractivity contribution < 1.29 is 36.2 Å². The Balaban J connectivity index is 0. The van der Waals surface area contributed by atoms with Gasteiger partial charge in [-0.1, -0.05) is 28.2 Å².